The van der Waals surface area contributed by atoms with Crippen LogP contribution in [0.3, 0.4) is 0 Å². The average Bonchev–Trinajstić information content (AvgIpc) is 2.36. The Kier molecular flexibility index (Phi) is 4.68. The summed E-state index contributed by atoms with van der Waals surface area (Å²) in [6, 6.07) is 9.90. The summed E-state index contributed by atoms with van der Waals surface area (Å²) in [5.74, 6) is 0. The molecule has 1 unspecified atom stereocenters. The second-order valence-corrected chi connectivity index (χ2v) is 5.16. The summed E-state index contributed by atoms with van der Waals surface area (Å²) < 4.78 is 0. The minimum Gasteiger partial charge on any atom is -0.396 e. The van der Waals surface area contributed by atoms with Gasteiger partial charge in [-0.15, -0.1) is 0 Å². The van der Waals surface area contributed by atoms with E-state index in [1.807, 2.05) is 32.0 Å². The van der Waals surface area contributed by atoms with Crippen molar-refractivity contribution in [1.82, 2.24) is 5.32 Å². The Bertz CT molecular complexity index is 407. The van der Waals surface area contributed by atoms with Crippen molar-refractivity contribution >= 4 is 0 Å². The molecule has 0 aromatic heterocycles. The lowest BCUT2D eigenvalue weighted by atomic mass is 9.94. The normalized spacial score (nSPS) is 13.1. The number of hydrogen-bond donors (Lipinski definition) is 2. The standard InChI is InChI=1S/C14H20N2O/c1-11(16-9-14(2,3)10-17)13-6-4-5-12(7-13)8-15/h4-7,11,16-17H,9-10H2,1-3H3. The molecule has 92 valence electrons. The minimum atomic E-state index is -0.124. The number of aliphatic hydroxyl groups is 1. The first-order valence-corrected chi connectivity index (χ1v) is 5.83. The molecule has 0 fully saturated rings. The number of nitrogens with one attached hydrogen (secondary N) is 1. The summed E-state index contributed by atoms with van der Waals surface area (Å²) in [5.41, 5.74) is 1.65. The van der Waals surface area contributed by atoms with Crippen LogP contribution in [0, 0.1) is 16.7 Å². The lowest BCUT2D eigenvalue weighted by molar-refractivity contribution is 0.154. The highest BCUT2D eigenvalue weighted by atomic mass is 16.3. The first-order chi connectivity index (χ1) is 7.98. The molecule has 0 aliphatic rings. The molecule has 0 spiro atoms. The third-order valence-electron chi connectivity index (χ3n) is 2.83. The molecule has 3 heteroatoms. The van der Waals surface area contributed by atoms with Gasteiger partial charge in [0.05, 0.1) is 11.6 Å². The largest absolute Gasteiger partial charge is 0.396 e. The second-order valence-electron chi connectivity index (χ2n) is 5.16. The van der Waals surface area contributed by atoms with Crippen LogP contribution in [-0.2, 0) is 0 Å². The summed E-state index contributed by atoms with van der Waals surface area (Å²) in [6.07, 6.45) is 0. The molecule has 0 radical (unpaired) electrons. The third-order valence-corrected chi connectivity index (χ3v) is 2.83. The van der Waals surface area contributed by atoms with Crippen molar-refractivity contribution in [2.24, 2.45) is 5.41 Å². The average molecular weight is 232 g/mol. The second kappa shape index (κ2) is 5.81. The van der Waals surface area contributed by atoms with Gasteiger partial charge in [0, 0.05) is 24.6 Å². The van der Waals surface area contributed by atoms with Crippen LogP contribution in [0.5, 0.6) is 0 Å². The van der Waals surface area contributed by atoms with E-state index in [4.69, 9.17) is 5.26 Å². The van der Waals surface area contributed by atoms with Gasteiger partial charge in [0.15, 0.2) is 0 Å². The smallest absolute Gasteiger partial charge is 0.0991 e. The van der Waals surface area contributed by atoms with E-state index >= 15 is 0 Å². The zero-order valence-corrected chi connectivity index (χ0v) is 10.7. The maximum atomic E-state index is 9.18. The fourth-order valence-electron chi connectivity index (χ4n) is 1.48. The van der Waals surface area contributed by atoms with Crippen molar-refractivity contribution < 1.29 is 5.11 Å². The molecule has 0 aliphatic carbocycles. The number of rotatable bonds is 5. The fraction of sp³-hybridized carbons (Fsp3) is 0.500. The van der Waals surface area contributed by atoms with Gasteiger partial charge in [0.1, 0.15) is 0 Å². The lowest BCUT2D eigenvalue weighted by Gasteiger charge is -2.25. The molecule has 2 N–H and O–H groups in total. The Morgan fingerprint density at radius 1 is 1.47 bits per heavy atom. The predicted molar refractivity (Wildman–Crippen MR) is 68.4 cm³/mol. The molecule has 1 aromatic rings. The van der Waals surface area contributed by atoms with Crippen molar-refractivity contribution in [2.45, 2.75) is 26.8 Å². The van der Waals surface area contributed by atoms with Gasteiger partial charge in [-0.2, -0.15) is 5.26 Å². The van der Waals surface area contributed by atoms with Crippen LogP contribution >= 0.6 is 0 Å². The Morgan fingerprint density at radius 2 is 2.18 bits per heavy atom. The van der Waals surface area contributed by atoms with E-state index in [1.54, 1.807) is 6.07 Å². The number of aliphatic hydroxyl groups excluding tert-OH is 1. The lowest BCUT2D eigenvalue weighted by Crippen LogP contribution is -2.33. The van der Waals surface area contributed by atoms with Gasteiger partial charge in [0.25, 0.3) is 0 Å². The highest BCUT2D eigenvalue weighted by Gasteiger charge is 2.17. The summed E-state index contributed by atoms with van der Waals surface area (Å²) in [5, 5.41) is 21.4. The van der Waals surface area contributed by atoms with Crippen molar-refractivity contribution in [3.8, 4) is 6.07 Å². The molecule has 1 aromatic carbocycles. The summed E-state index contributed by atoms with van der Waals surface area (Å²) >= 11 is 0. The zero-order chi connectivity index (χ0) is 12.9. The predicted octanol–water partition coefficient (Wildman–Crippen LogP) is 2.23. The molecule has 0 amide bonds. The van der Waals surface area contributed by atoms with Crippen LogP contribution < -0.4 is 5.32 Å². The highest BCUT2D eigenvalue weighted by Crippen LogP contribution is 2.17. The van der Waals surface area contributed by atoms with E-state index < -0.39 is 0 Å². The highest BCUT2D eigenvalue weighted by molar-refractivity contribution is 5.34. The van der Waals surface area contributed by atoms with Gasteiger partial charge in [0.2, 0.25) is 0 Å². The first-order valence-electron chi connectivity index (χ1n) is 5.83. The van der Waals surface area contributed by atoms with E-state index in [9.17, 15) is 5.11 Å². The van der Waals surface area contributed by atoms with Gasteiger partial charge in [-0.3, -0.25) is 0 Å². The maximum Gasteiger partial charge on any atom is 0.0991 e. The van der Waals surface area contributed by atoms with Crippen LogP contribution in [0.2, 0.25) is 0 Å². The van der Waals surface area contributed by atoms with Gasteiger partial charge >= 0.3 is 0 Å². The van der Waals surface area contributed by atoms with Crippen LogP contribution in [0.4, 0.5) is 0 Å². The Morgan fingerprint density at radius 3 is 2.76 bits per heavy atom. The van der Waals surface area contributed by atoms with Crippen molar-refractivity contribution in [2.75, 3.05) is 13.2 Å². The van der Waals surface area contributed by atoms with Crippen LogP contribution in [-0.4, -0.2) is 18.3 Å². The molecule has 1 rings (SSSR count). The van der Waals surface area contributed by atoms with E-state index in [-0.39, 0.29) is 18.1 Å². The Hall–Kier alpha value is -1.37. The van der Waals surface area contributed by atoms with Crippen LogP contribution in [0.1, 0.15) is 37.9 Å². The van der Waals surface area contributed by atoms with Crippen molar-refractivity contribution in [1.29, 1.82) is 5.26 Å². The van der Waals surface area contributed by atoms with Crippen LogP contribution in [0.25, 0.3) is 0 Å². The molecule has 0 bridgehead atoms. The van der Waals surface area contributed by atoms with Gasteiger partial charge in [-0.05, 0) is 24.6 Å². The number of benzene rings is 1. The zero-order valence-electron chi connectivity index (χ0n) is 10.7. The molecule has 0 heterocycles. The molecular formula is C14H20N2O. The molecular weight excluding hydrogens is 212 g/mol. The monoisotopic (exact) mass is 232 g/mol. The molecule has 0 aliphatic heterocycles. The number of nitriles is 1. The van der Waals surface area contributed by atoms with E-state index in [2.05, 4.69) is 18.3 Å². The minimum absolute atomic E-state index is 0.124. The summed E-state index contributed by atoms with van der Waals surface area (Å²) in [4.78, 5) is 0. The summed E-state index contributed by atoms with van der Waals surface area (Å²) in [7, 11) is 0. The fourth-order valence-corrected chi connectivity index (χ4v) is 1.48. The first kappa shape index (κ1) is 13.7. The van der Waals surface area contributed by atoms with Gasteiger partial charge < -0.3 is 10.4 Å². The third kappa shape index (κ3) is 4.18. The Balaban J connectivity index is 2.64. The van der Waals surface area contributed by atoms with Gasteiger partial charge in [-0.25, -0.2) is 0 Å². The molecule has 17 heavy (non-hydrogen) atoms. The molecule has 0 saturated carbocycles. The Labute approximate surface area is 103 Å². The quantitative estimate of drug-likeness (QED) is 0.818. The van der Waals surface area contributed by atoms with E-state index in [0.29, 0.717) is 5.56 Å². The maximum absolute atomic E-state index is 9.18. The van der Waals surface area contributed by atoms with E-state index in [0.717, 1.165) is 12.1 Å². The van der Waals surface area contributed by atoms with Crippen molar-refractivity contribution in [3.05, 3.63) is 35.4 Å². The number of nitrogens with zero attached hydrogens (tertiary/aromatic N) is 1. The van der Waals surface area contributed by atoms with Gasteiger partial charge in [-0.1, -0.05) is 26.0 Å². The molecule has 3 nitrogen and oxygen atoms in total. The SMILES string of the molecule is CC(NCC(C)(C)CO)c1cccc(C#N)c1. The molecule has 1 atom stereocenters. The van der Waals surface area contributed by atoms with Crippen LogP contribution in [0.15, 0.2) is 24.3 Å². The van der Waals surface area contributed by atoms with E-state index in [1.165, 1.54) is 0 Å². The summed E-state index contributed by atoms with van der Waals surface area (Å²) in [6.45, 7) is 6.98. The van der Waals surface area contributed by atoms with Crippen molar-refractivity contribution in [3.63, 3.8) is 0 Å². The number of hydrogen-bond acceptors (Lipinski definition) is 3. The molecule has 0 saturated heterocycles. The topological polar surface area (TPSA) is 56.0 Å².